The van der Waals surface area contributed by atoms with Crippen LogP contribution in [-0.4, -0.2) is 29.9 Å². The van der Waals surface area contributed by atoms with Crippen LogP contribution >= 0.6 is 0 Å². The van der Waals surface area contributed by atoms with Gasteiger partial charge in [-0.05, 0) is 42.2 Å². The number of amides is 3. The topological polar surface area (TPSA) is 75.4 Å². The van der Waals surface area contributed by atoms with Crippen molar-refractivity contribution in [3.8, 4) is 0 Å². The van der Waals surface area contributed by atoms with Crippen LogP contribution in [0.25, 0.3) is 0 Å². The molecule has 1 fully saturated rings. The van der Waals surface area contributed by atoms with E-state index in [2.05, 4.69) is 57.3 Å². The highest BCUT2D eigenvalue weighted by molar-refractivity contribution is 5.78. The Morgan fingerprint density at radius 2 is 1.65 bits per heavy atom. The van der Waals surface area contributed by atoms with Crippen molar-refractivity contribution < 1.29 is 9.59 Å². The zero-order valence-corrected chi connectivity index (χ0v) is 16.5. The second-order valence-corrected chi connectivity index (χ2v) is 7.81. The molecule has 1 aliphatic heterocycles. The molecule has 1 aliphatic rings. The summed E-state index contributed by atoms with van der Waals surface area (Å²) in [5.41, 5.74) is 7.83. The van der Waals surface area contributed by atoms with Crippen LogP contribution in [0, 0.1) is 11.8 Å². The third-order valence-electron chi connectivity index (χ3n) is 5.61. The summed E-state index contributed by atoms with van der Waals surface area (Å²) in [6, 6.07) is 8.52. The van der Waals surface area contributed by atoms with Gasteiger partial charge in [-0.1, -0.05) is 52.0 Å². The lowest BCUT2D eigenvalue weighted by Crippen LogP contribution is -2.47. The lowest BCUT2D eigenvalue weighted by molar-refractivity contribution is -0.123. The van der Waals surface area contributed by atoms with E-state index in [1.807, 2.05) is 0 Å². The van der Waals surface area contributed by atoms with E-state index < -0.39 is 0 Å². The SMILES string of the molecule is CC[C@@H](C)c1ccc([C@@H](NC(=O)N2CCC(C(N)=O)CC2)C(C)C)cc1. The standard InChI is InChI=1S/C21H33N3O2/c1-5-15(4)16-6-8-17(9-7-16)19(14(2)3)23-21(26)24-12-10-18(11-13-24)20(22)25/h6-9,14-15,18-19H,5,10-13H2,1-4H3,(H2,22,25)(H,23,26)/t15-,19+/m1/s1. The summed E-state index contributed by atoms with van der Waals surface area (Å²) >= 11 is 0. The smallest absolute Gasteiger partial charge is 0.317 e. The van der Waals surface area contributed by atoms with Gasteiger partial charge in [-0.25, -0.2) is 4.79 Å². The number of nitrogens with two attached hydrogens (primary N) is 1. The van der Waals surface area contributed by atoms with Crippen molar-refractivity contribution in [1.82, 2.24) is 10.2 Å². The molecule has 1 heterocycles. The van der Waals surface area contributed by atoms with E-state index in [1.54, 1.807) is 4.90 Å². The minimum absolute atomic E-state index is 0.0256. The van der Waals surface area contributed by atoms with Gasteiger partial charge in [-0.15, -0.1) is 0 Å². The van der Waals surface area contributed by atoms with Gasteiger partial charge in [0, 0.05) is 19.0 Å². The Morgan fingerprint density at radius 3 is 2.12 bits per heavy atom. The molecule has 0 unspecified atom stereocenters. The van der Waals surface area contributed by atoms with Crippen molar-refractivity contribution in [2.24, 2.45) is 17.6 Å². The van der Waals surface area contributed by atoms with Gasteiger partial charge in [0.1, 0.15) is 0 Å². The fourth-order valence-electron chi connectivity index (χ4n) is 3.49. The van der Waals surface area contributed by atoms with Crippen LogP contribution in [0.15, 0.2) is 24.3 Å². The summed E-state index contributed by atoms with van der Waals surface area (Å²) in [7, 11) is 0. The van der Waals surface area contributed by atoms with Gasteiger partial charge in [-0.3, -0.25) is 4.79 Å². The van der Waals surface area contributed by atoms with Crippen molar-refractivity contribution in [1.29, 1.82) is 0 Å². The molecule has 2 atom stereocenters. The van der Waals surface area contributed by atoms with Gasteiger partial charge < -0.3 is 16.0 Å². The van der Waals surface area contributed by atoms with E-state index in [1.165, 1.54) is 5.56 Å². The van der Waals surface area contributed by atoms with Crippen molar-refractivity contribution in [3.05, 3.63) is 35.4 Å². The highest BCUT2D eigenvalue weighted by atomic mass is 16.2. The lowest BCUT2D eigenvalue weighted by atomic mass is 9.92. The van der Waals surface area contributed by atoms with Crippen LogP contribution in [0.3, 0.4) is 0 Å². The van der Waals surface area contributed by atoms with E-state index in [0.29, 0.717) is 31.8 Å². The number of hydrogen-bond acceptors (Lipinski definition) is 2. The molecule has 144 valence electrons. The number of carbonyl (C=O) groups excluding carboxylic acids is 2. The summed E-state index contributed by atoms with van der Waals surface area (Å²) in [6.45, 7) is 9.82. The molecule has 5 nitrogen and oxygen atoms in total. The third-order valence-corrected chi connectivity index (χ3v) is 5.61. The number of primary amides is 1. The molecular formula is C21H33N3O2. The summed E-state index contributed by atoms with van der Waals surface area (Å²) in [5.74, 6) is 0.471. The second-order valence-electron chi connectivity index (χ2n) is 7.81. The maximum Gasteiger partial charge on any atom is 0.317 e. The predicted molar refractivity (Wildman–Crippen MR) is 105 cm³/mol. The molecule has 3 N–H and O–H groups in total. The Labute approximate surface area is 157 Å². The first kappa shape index (κ1) is 20.3. The first-order valence-corrected chi connectivity index (χ1v) is 9.78. The second kappa shape index (κ2) is 9.06. The Bertz CT molecular complexity index is 604. The Balaban J connectivity index is 2.02. The maximum atomic E-state index is 12.7. The molecular weight excluding hydrogens is 326 g/mol. The van der Waals surface area contributed by atoms with Gasteiger partial charge in [0.05, 0.1) is 6.04 Å². The van der Waals surface area contributed by atoms with Crippen LogP contribution in [-0.2, 0) is 4.79 Å². The number of nitrogens with one attached hydrogen (secondary N) is 1. The highest BCUT2D eigenvalue weighted by Gasteiger charge is 2.28. The van der Waals surface area contributed by atoms with Crippen LogP contribution in [0.1, 0.15) is 70.0 Å². The predicted octanol–water partition coefficient (Wildman–Crippen LogP) is 3.80. The quantitative estimate of drug-likeness (QED) is 0.810. The molecule has 0 spiro atoms. The molecule has 0 aromatic heterocycles. The largest absolute Gasteiger partial charge is 0.369 e. The van der Waals surface area contributed by atoms with Gasteiger partial charge in [0.25, 0.3) is 0 Å². The van der Waals surface area contributed by atoms with Crippen LogP contribution in [0.5, 0.6) is 0 Å². The van der Waals surface area contributed by atoms with Crippen LogP contribution in [0.4, 0.5) is 4.79 Å². The molecule has 5 heteroatoms. The van der Waals surface area contributed by atoms with Gasteiger partial charge in [0.15, 0.2) is 0 Å². The maximum absolute atomic E-state index is 12.7. The van der Waals surface area contributed by atoms with Crippen LogP contribution < -0.4 is 11.1 Å². The van der Waals surface area contributed by atoms with Crippen molar-refractivity contribution >= 4 is 11.9 Å². The van der Waals surface area contributed by atoms with E-state index >= 15 is 0 Å². The number of benzene rings is 1. The summed E-state index contributed by atoms with van der Waals surface area (Å²) < 4.78 is 0. The zero-order valence-electron chi connectivity index (χ0n) is 16.5. The first-order chi connectivity index (χ1) is 12.3. The highest BCUT2D eigenvalue weighted by Crippen LogP contribution is 2.26. The monoisotopic (exact) mass is 359 g/mol. The molecule has 0 radical (unpaired) electrons. The van der Waals surface area contributed by atoms with E-state index in [9.17, 15) is 9.59 Å². The average molecular weight is 360 g/mol. The number of piperidine rings is 1. The van der Waals surface area contributed by atoms with E-state index in [-0.39, 0.29) is 29.8 Å². The fraction of sp³-hybridized carbons (Fsp3) is 0.619. The normalized spacial score (nSPS) is 17.8. The molecule has 1 saturated heterocycles. The number of carbonyl (C=O) groups is 2. The Hall–Kier alpha value is -2.04. The number of likely N-dealkylation sites (tertiary alicyclic amines) is 1. The molecule has 26 heavy (non-hydrogen) atoms. The van der Waals surface area contributed by atoms with E-state index in [0.717, 1.165) is 12.0 Å². The number of nitrogens with zero attached hydrogens (tertiary/aromatic N) is 1. The fourth-order valence-corrected chi connectivity index (χ4v) is 3.49. The van der Waals surface area contributed by atoms with Crippen molar-refractivity contribution in [3.63, 3.8) is 0 Å². The minimum atomic E-state index is -0.258. The molecule has 3 amide bonds. The number of rotatable bonds is 6. The zero-order chi connectivity index (χ0) is 19.3. The van der Waals surface area contributed by atoms with E-state index in [4.69, 9.17) is 5.73 Å². The van der Waals surface area contributed by atoms with Gasteiger partial charge in [0.2, 0.25) is 5.91 Å². The minimum Gasteiger partial charge on any atom is -0.369 e. The summed E-state index contributed by atoms with van der Waals surface area (Å²) in [5, 5.41) is 3.18. The molecule has 0 saturated carbocycles. The van der Waals surface area contributed by atoms with Gasteiger partial charge >= 0.3 is 6.03 Å². The summed E-state index contributed by atoms with van der Waals surface area (Å²) in [4.78, 5) is 25.8. The number of urea groups is 1. The summed E-state index contributed by atoms with van der Waals surface area (Å²) in [6.07, 6.45) is 2.42. The molecule has 1 aromatic carbocycles. The Kier molecular flexibility index (Phi) is 7.06. The van der Waals surface area contributed by atoms with Crippen LogP contribution in [0.2, 0.25) is 0 Å². The molecule has 0 bridgehead atoms. The lowest BCUT2D eigenvalue weighted by Gasteiger charge is -2.33. The Morgan fingerprint density at radius 1 is 1.12 bits per heavy atom. The third kappa shape index (κ3) is 4.99. The van der Waals surface area contributed by atoms with Gasteiger partial charge in [-0.2, -0.15) is 0 Å². The van der Waals surface area contributed by atoms with Crippen molar-refractivity contribution in [2.45, 2.75) is 58.9 Å². The number of hydrogen-bond donors (Lipinski definition) is 2. The van der Waals surface area contributed by atoms with Crippen molar-refractivity contribution in [2.75, 3.05) is 13.1 Å². The molecule has 0 aliphatic carbocycles. The molecule has 1 aromatic rings. The average Bonchev–Trinajstić information content (AvgIpc) is 2.65. The first-order valence-electron chi connectivity index (χ1n) is 9.78. The molecule has 2 rings (SSSR count).